The standard InChI is InChI=1S/C26H29N3O7S2/c1-4-19-7-5-6-14-29(19)38(33,34)20-11-8-17(9-12-20)24(31)27-26-28(16-23(30)35-2)21-13-10-18(25(32)36-3)15-22(21)37-26/h8-13,15,19H,4-7,14,16H2,1-3H3. The summed E-state index contributed by atoms with van der Waals surface area (Å²) in [6.45, 7) is 2.28. The molecule has 1 aliphatic heterocycles. The number of rotatable bonds is 7. The monoisotopic (exact) mass is 559 g/mol. The maximum absolute atomic E-state index is 13.2. The van der Waals surface area contributed by atoms with Crippen molar-refractivity contribution in [1.82, 2.24) is 8.87 Å². The number of amides is 1. The predicted octanol–water partition coefficient (Wildman–Crippen LogP) is 3.36. The first kappa shape index (κ1) is 27.7. The molecule has 38 heavy (non-hydrogen) atoms. The summed E-state index contributed by atoms with van der Waals surface area (Å²) < 4.78 is 39.8. The summed E-state index contributed by atoms with van der Waals surface area (Å²) in [7, 11) is -1.14. The molecule has 0 bridgehead atoms. The molecule has 0 aliphatic carbocycles. The number of benzene rings is 2. The SMILES string of the molecule is CCC1CCCCN1S(=O)(=O)c1ccc(C(=O)N=c2sc3cc(C(=O)OC)ccc3n2CC(=O)OC)cc1. The predicted molar refractivity (Wildman–Crippen MR) is 141 cm³/mol. The Balaban J connectivity index is 1.68. The van der Waals surface area contributed by atoms with E-state index in [1.165, 1.54) is 43.1 Å². The third kappa shape index (κ3) is 5.57. The van der Waals surface area contributed by atoms with Crippen molar-refractivity contribution in [1.29, 1.82) is 0 Å². The van der Waals surface area contributed by atoms with Crippen LogP contribution in [0.4, 0.5) is 0 Å². The molecule has 2 heterocycles. The van der Waals surface area contributed by atoms with Crippen LogP contribution in [0, 0.1) is 0 Å². The van der Waals surface area contributed by atoms with Crippen LogP contribution in [0.1, 0.15) is 53.3 Å². The molecule has 2 aromatic carbocycles. The molecule has 10 nitrogen and oxygen atoms in total. The van der Waals surface area contributed by atoms with Gasteiger partial charge in [-0.15, -0.1) is 0 Å². The van der Waals surface area contributed by atoms with Gasteiger partial charge in [-0.1, -0.05) is 24.7 Å². The zero-order valence-corrected chi connectivity index (χ0v) is 23.0. The van der Waals surface area contributed by atoms with Gasteiger partial charge >= 0.3 is 11.9 Å². The maximum Gasteiger partial charge on any atom is 0.337 e. The van der Waals surface area contributed by atoms with E-state index in [0.717, 1.165) is 37.0 Å². The Hall–Kier alpha value is -3.35. The zero-order chi connectivity index (χ0) is 27.4. The van der Waals surface area contributed by atoms with Crippen molar-refractivity contribution in [3.63, 3.8) is 0 Å². The molecule has 1 unspecified atom stereocenters. The fourth-order valence-corrected chi connectivity index (χ4v) is 7.34. The summed E-state index contributed by atoms with van der Waals surface area (Å²) in [6, 6.07) is 10.5. The molecular weight excluding hydrogens is 530 g/mol. The largest absolute Gasteiger partial charge is 0.468 e. The second-order valence-electron chi connectivity index (χ2n) is 8.84. The van der Waals surface area contributed by atoms with E-state index in [4.69, 9.17) is 9.47 Å². The molecule has 1 atom stereocenters. The number of hydrogen-bond acceptors (Lipinski definition) is 8. The first-order chi connectivity index (χ1) is 18.2. The summed E-state index contributed by atoms with van der Waals surface area (Å²) in [5.41, 5.74) is 1.11. The average Bonchev–Trinajstić information content (AvgIpc) is 3.27. The van der Waals surface area contributed by atoms with Crippen LogP contribution in [-0.2, 0) is 30.8 Å². The third-order valence-corrected chi connectivity index (χ3v) is 9.58. The molecular formula is C26H29N3O7S2. The van der Waals surface area contributed by atoms with E-state index in [1.807, 2.05) is 6.92 Å². The Bertz CT molecular complexity index is 1540. The highest BCUT2D eigenvalue weighted by atomic mass is 32.2. The lowest BCUT2D eigenvalue weighted by molar-refractivity contribution is -0.141. The third-order valence-electron chi connectivity index (χ3n) is 6.57. The normalized spacial score (nSPS) is 16.9. The fraction of sp³-hybridized carbons (Fsp3) is 0.385. The highest BCUT2D eigenvalue weighted by Gasteiger charge is 2.32. The summed E-state index contributed by atoms with van der Waals surface area (Å²) in [4.78, 5) is 41.6. The van der Waals surface area contributed by atoms with E-state index >= 15 is 0 Å². The molecule has 1 fully saturated rings. The molecule has 0 radical (unpaired) electrons. The molecule has 1 aliphatic rings. The number of esters is 2. The Kier molecular flexibility index (Phi) is 8.44. The Morgan fingerprint density at radius 3 is 2.39 bits per heavy atom. The van der Waals surface area contributed by atoms with Gasteiger partial charge in [-0.05, 0) is 61.7 Å². The Morgan fingerprint density at radius 1 is 1.03 bits per heavy atom. The molecule has 0 N–H and O–H groups in total. The van der Waals surface area contributed by atoms with Gasteiger partial charge in [-0.3, -0.25) is 9.59 Å². The number of methoxy groups -OCH3 is 2. The van der Waals surface area contributed by atoms with Gasteiger partial charge in [0.15, 0.2) is 4.80 Å². The van der Waals surface area contributed by atoms with E-state index in [2.05, 4.69) is 4.99 Å². The van der Waals surface area contributed by atoms with Gasteiger partial charge in [0.25, 0.3) is 5.91 Å². The van der Waals surface area contributed by atoms with Gasteiger partial charge in [0.05, 0.1) is 34.9 Å². The van der Waals surface area contributed by atoms with Crippen LogP contribution in [0.3, 0.4) is 0 Å². The Morgan fingerprint density at radius 2 is 1.74 bits per heavy atom. The van der Waals surface area contributed by atoms with Crippen LogP contribution in [0.2, 0.25) is 0 Å². The molecule has 1 aromatic heterocycles. The van der Waals surface area contributed by atoms with E-state index < -0.39 is 27.9 Å². The highest BCUT2D eigenvalue weighted by Crippen LogP contribution is 2.27. The number of aromatic nitrogens is 1. The number of fused-ring (bicyclic) bond motifs is 1. The van der Waals surface area contributed by atoms with Gasteiger partial charge < -0.3 is 14.0 Å². The molecule has 3 aromatic rings. The Labute approximate surface area is 224 Å². The van der Waals surface area contributed by atoms with Crippen LogP contribution in [0.25, 0.3) is 10.2 Å². The van der Waals surface area contributed by atoms with Gasteiger partial charge in [-0.2, -0.15) is 9.30 Å². The smallest absolute Gasteiger partial charge is 0.337 e. The molecule has 0 saturated carbocycles. The average molecular weight is 560 g/mol. The number of carbonyl (C=O) groups is 3. The van der Waals surface area contributed by atoms with Crippen molar-refractivity contribution in [3.05, 3.63) is 58.4 Å². The topological polar surface area (TPSA) is 124 Å². The lowest BCUT2D eigenvalue weighted by atomic mass is 10.0. The van der Waals surface area contributed by atoms with Crippen molar-refractivity contribution < 1.29 is 32.3 Å². The number of hydrogen-bond donors (Lipinski definition) is 0. The lowest BCUT2D eigenvalue weighted by Gasteiger charge is -2.34. The molecule has 4 rings (SSSR count). The summed E-state index contributed by atoms with van der Waals surface area (Å²) in [6.07, 6.45) is 3.42. The van der Waals surface area contributed by atoms with Gasteiger partial charge in [-0.25, -0.2) is 13.2 Å². The molecule has 202 valence electrons. The van der Waals surface area contributed by atoms with Crippen LogP contribution < -0.4 is 4.80 Å². The van der Waals surface area contributed by atoms with Gasteiger partial charge in [0.2, 0.25) is 10.0 Å². The van der Waals surface area contributed by atoms with E-state index in [-0.39, 0.29) is 27.8 Å². The minimum absolute atomic E-state index is 0.0250. The van der Waals surface area contributed by atoms with Crippen molar-refractivity contribution >= 4 is 49.4 Å². The molecule has 1 amide bonds. The maximum atomic E-state index is 13.2. The number of piperidine rings is 1. The van der Waals surface area contributed by atoms with Crippen LogP contribution in [-0.4, -0.2) is 61.9 Å². The quantitative estimate of drug-likeness (QED) is 0.407. The van der Waals surface area contributed by atoms with Gasteiger partial charge in [0, 0.05) is 18.2 Å². The number of carbonyl (C=O) groups excluding carboxylic acids is 3. The van der Waals surface area contributed by atoms with Crippen LogP contribution in [0.5, 0.6) is 0 Å². The van der Waals surface area contributed by atoms with Crippen LogP contribution >= 0.6 is 11.3 Å². The van der Waals surface area contributed by atoms with Crippen molar-refractivity contribution in [2.75, 3.05) is 20.8 Å². The minimum Gasteiger partial charge on any atom is -0.468 e. The first-order valence-corrected chi connectivity index (χ1v) is 14.4. The molecule has 12 heteroatoms. The summed E-state index contributed by atoms with van der Waals surface area (Å²) in [5.74, 6) is -1.65. The summed E-state index contributed by atoms with van der Waals surface area (Å²) in [5, 5.41) is 0. The molecule has 0 spiro atoms. The van der Waals surface area contributed by atoms with E-state index in [1.54, 1.807) is 22.5 Å². The van der Waals surface area contributed by atoms with Crippen molar-refractivity contribution in [2.24, 2.45) is 4.99 Å². The van der Waals surface area contributed by atoms with E-state index in [0.29, 0.717) is 22.3 Å². The van der Waals surface area contributed by atoms with Crippen molar-refractivity contribution in [2.45, 2.75) is 50.1 Å². The zero-order valence-electron chi connectivity index (χ0n) is 21.4. The number of thiazole rings is 1. The van der Waals surface area contributed by atoms with Crippen LogP contribution in [0.15, 0.2) is 52.4 Å². The van der Waals surface area contributed by atoms with Crippen molar-refractivity contribution in [3.8, 4) is 0 Å². The molecule has 1 saturated heterocycles. The van der Waals surface area contributed by atoms with E-state index in [9.17, 15) is 22.8 Å². The van der Waals surface area contributed by atoms with Gasteiger partial charge in [0.1, 0.15) is 6.54 Å². The summed E-state index contributed by atoms with van der Waals surface area (Å²) >= 11 is 1.13. The number of ether oxygens (including phenoxy) is 2. The highest BCUT2D eigenvalue weighted by molar-refractivity contribution is 7.89. The second-order valence-corrected chi connectivity index (χ2v) is 11.7. The number of nitrogens with zero attached hydrogens (tertiary/aromatic N) is 3. The minimum atomic E-state index is -3.68. The first-order valence-electron chi connectivity index (χ1n) is 12.2. The lowest BCUT2D eigenvalue weighted by Crippen LogP contribution is -2.43. The fourth-order valence-electron chi connectivity index (χ4n) is 4.50. The second kappa shape index (κ2) is 11.6. The number of sulfonamides is 1.